The fraction of sp³-hybridized carbons (Fsp3) is 0.316. The smallest absolute Gasteiger partial charge is 0.331 e. The second kappa shape index (κ2) is 9.56. The number of H-pyrrole nitrogens is 1. The summed E-state index contributed by atoms with van der Waals surface area (Å²) in [6, 6.07) is 5.02. The number of carbonyl (C=O) groups is 1. The molecule has 150 valence electrons. The van der Waals surface area contributed by atoms with E-state index in [1.165, 1.54) is 27.4 Å². The highest BCUT2D eigenvalue weighted by Gasteiger charge is 2.19. The number of allylic oxidation sites excluding steroid dienone is 1. The number of hydrogen-bond donors (Lipinski definition) is 2. The number of ether oxygens (including phenoxy) is 3. The number of ketones is 1. The maximum Gasteiger partial charge on any atom is 0.331 e. The van der Waals surface area contributed by atoms with Crippen LogP contribution in [0.1, 0.15) is 22.3 Å². The number of nitrogens with one attached hydrogen (secondary N) is 1. The highest BCUT2D eigenvalue weighted by molar-refractivity contribution is 6.08. The van der Waals surface area contributed by atoms with Gasteiger partial charge in [-0.2, -0.15) is 0 Å². The number of aromatic nitrogens is 2. The van der Waals surface area contributed by atoms with Crippen LogP contribution >= 0.6 is 0 Å². The fourth-order valence-electron chi connectivity index (χ4n) is 2.57. The van der Waals surface area contributed by atoms with Gasteiger partial charge in [-0.1, -0.05) is 0 Å². The van der Waals surface area contributed by atoms with Crippen LogP contribution in [0.3, 0.4) is 0 Å². The van der Waals surface area contributed by atoms with Gasteiger partial charge in [-0.25, -0.2) is 4.79 Å². The topological polar surface area (TPSA) is 120 Å². The van der Waals surface area contributed by atoms with Gasteiger partial charge in [-0.15, -0.1) is 0 Å². The predicted molar refractivity (Wildman–Crippen MR) is 102 cm³/mol. The Kier molecular flexibility index (Phi) is 7.16. The molecule has 0 atom stereocenters. The standard InChI is InChI=1S/C19H22N2O7/c1-26-10-4-9-21-18(24)16(17(23)20-19(21)25)14(22)7-5-12-11-13(27-2)6-8-15(12)28-3/h5-8,11,24H,4,9-10H2,1-3H3,(H,20,23,25)/b7-5+. The summed E-state index contributed by atoms with van der Waals surface area (Å²) in [6.07, 6.45) is 2.97. The van der Waals surface area contributed by atoms with Crippen molar-refractivity contribution in [2.75, 3.05) is 27.9 Å². The molecule has 0 saturated carbocycles. The van der Waals surface area contributed by atoms with Crippen LogP contribution in [0.5, 0.6) is 17.4 Å². The lowest BCUT2D eigenvalue weighted by Crippen LogP contribution is -2.33. The summed E-state index contributed by atoms with van der Waals surface area (Å²) in [5.74, 6) is -0.394. The zero-order valence-electron chi connectivity index (χ0n) is 15.9. The first-order chi connectivity index (χ1) is 13.4. The lowest BCUT2D eigenvalue weighted by molar-refractivity contribution is 0.104. The Morgan fingerprint density at radius 1 is 1.21 bits per heavy atom. The molecule has 0 amide bonds. The molecular weight excluding hydrogens is 368 g/mol. The summed E-state index contributed by atoms with van der Waals surface area (Å²) in [6.45, 7) is 0.437. The Morgan fingerprint density at radius 2 is 1.96 bits per heavy atom. The van der Waals surface area contributed by atoms with E-state index >= 15 is 0 Å². The van der Waals surface area contributed by atoms with Gasteiger partial charge >= 0.3 is 5.69 Å². The zero-order valence-corrected chi connectivity index (χ0v) is 15.9. The molecule has 9 heteroatoms. The minimum absolute atomic E-state index is 0.0863. The van der Waals surface area contributed by atoms with E-state index in [0.717, 1.165) is 10.6 Å². The first-order valence-electron chi connectivity index (χ1n) is 8.42. The van der Waals surface area contributed by atoms with Crippen LogP contribution in [0.15, 0.2) is 33.9 Å². The third kappa shape index (κ3) is 4.68. The van der Waals surface area contributed by atoms with Crippen molar-refractivity contribution in [3.8, 4) is 17.4 Å². The zero-order chi connectivity index (χ0) is 20.7. The summed E-state index contributed by atoms with van der Waals surface area (Å²) in [5.41, 5.74) is -1.74. The molecule has 9 nitrogen and oxygen atoms in total. The van der Waals surface area contributed by atoms with Crippen molar-refractivity contribution in [2.45, 2.75) is 13.0 Å². The van der Waals surface area contributed by atoms with Crippen LogP contribution in [-0.4, -0.2) is 48.4 Å². The third-order valence-electron chi connectivity index (χ3n) is 4.00. The van der Waals surface area contributed by atoms with Crippen molar-refractivity contribution >= 4 is 11.9 Å². The number of nitrogens with zero attached hydrogens (tertiary/aromatic N) is 1. The first-order valence-corrected chi connectivity index (χ1v) is 8.42. The molecule has 2 N–H and O–H groups in total. The Balaban J connectivity index is 2.39. The van der Waals surface area contributed by atoms with Crippen molar-refractivity contribution in [3.63, 3.8) is 0 Å². The number of rotatable bonds is 9. The quantitative estimate of drug-likeness (QED) is 0.375. The van der Waals surface area contributed by atoms with Crippen molar-refractivity contribution in [1.29, 1.82) is 0 Å². The molecular formula is C19H22N2O7. The number of methoxy groups -OCH3 is 3. The van der Waals surface area contributed by atoms with Crippen LogP contribution in [-0.2, 0) is 11.3 Å². The van der Waals surface area contributed by atoms with Gasteiger partial charge in [-0.3, -0.25) is 19.1 Å². The average molecular weight is 390 g/mol. The summed E-state index contributed by atoms with van der Waals surface area (Å²) in [4.78, 5) is 38.6. The second-order valence-corrected chi connectivity index (χ2v) is 5.76. The van der Waals surface area contributed by atoms with E-state index in [9.17, 15) is 19.5 Å². The van der Waals surface area contributed by atoms with Crippen LogP contribution in [0.4, 0.5) is 0 Å². The summed E-state index contributed by atoms with van der Waals surface area (Å²) in [7, 11) is 4.49. The van der Waals surface area contributed by atoms with Gasteiger partial charge in [0.25, 0.3) is 5.56 Å². The maximum atomic E-state index is 12.5. The molecule has 1 aromatic carbocycles. The molecule has 1 aromatic heterocycles. The molecule has 0 aliphatic carbocycles. The molecule has 0 bridgehead atoms. The molecule has 0 radical (unpaired) electrons. The van der Waals surface area contributed by atoms with Gasteiger partial charge in [0.05, 0.1) is 14.2 Å². The minimum atomic E-state index is -0.960. The molecule has 2 rings (SSSR count). The largest absolute Gasteiger partial charge is 0.497 e. The SMILES string of the molecule is COCCCn1c(O)c(C(=O)/C=C/c2cc(OC)ccc2OC)c(=O)[nH]c1=O. The van der Waals surface area contributed by atoms with E-state index in [4.69, 9.17) is 14.2 Å². The van der Waals surface area contributed by atoms with E-state index in [2.05, 4.69) is 0 Å². The summed E-state index contributed by atoms with van der Waals surface area (Å²) < 4.78 is 16.2. The molecule has 2 aromatic rings. The van der Waals surface area contributed by atoms with Crippen LogP contribution in [0, 0.1) is 0 Å². The molecule has 0 fully saturated rings. The monoisotopic (exact) mass is 390 g/mol. The minimum Gasteiger partial charge on any atom is -0.497 e. The van der Waals surface area contributed by atoms with Crippen molar-refractivity contribution < 1.29 is 24.1 Å². The number of benzene rings is 1. The third-order valence-corrected chi connectivity index (χ3v) is 4.00. The van der Waals surface area contributed by atoms with E-state index < -0.39 is 28.5 Å². The second-order valence-electron chi connectivity index (χ2n) is 5.76. The van der Waals surface area contributed by atoms with Crippen LogP contribution < -0.4 is 20.7 Å². The number of hydrogen-bond acceptors (Lipinski definition) is 7. The molecule has 0 aliphatic rings. The van der Waals surface area contributed by atoms with E-state index in [1.54, 1.807) is 18.2 Å². The summed E-state index contributed by atoms with van der Waals surface area (Å²) in [5, 5.41) is 10.3. The van der Waals surface area contributed by atoms with E-state index in [-0.39, 0.29) is 6.54 Å². The Bertz CT molecular complexity index is 989. The molecule has 0 saturated heterocycles. The first kappa shape index (κ1) is 21.0. The van der Waals surface area contributed by atoms with Gasteiger partial charge in [0.2, 0.25) is 5.88 Å². The van der Waals surface area contributed by atoms with E-state index in [1.807, 2.05) is 4.98 Å². The van der Waals surface area contributed by atoms with Crippen LogP contribution in [0.25, 0.3) is 6.08 Å². The fourth-order valence-corrected chi connectivity index (χ4v) is 2.57. The lowest BCUT2D eigenvalue weighted by atomic mass is 10.1. The Labute approximate surface area is 160 Å². The number of aromatic amines is 1. The predicted octanol–water partition coefficient (Wildman–Crippen LogP) is 1.19. The maximum absolute atomic E-state index is 12.5. The van der Waals surface area contributed by atoms with Crippen molar-refractivity contribution in [1.82, 2.24) is 9.55 Å². The normalized spacial score (nSPS) is 11.0. The molecule has 0 aliphatic heterocycles. The number of carbonyl (C=O) groups excluding carboxylic acids is 1. The van der Waals surface area contributed by atoms with Gasteiger partial charge < -0.3 is 19.3 Å². The van der Waals surface area contributed by atoms with E-state index in [0.29, 0.717) is 30.1 Å². The lowest BCUT2D eigenvalue weighted by Gasteiger charge is -2.10. The van der Waals surface area contributed by atoms with Crippen LogP contribution in [0.2, 0.25) is 0 Å². The Morgan fingerprint density at radius 3 is 2.61 bits per heavy atom. The van der Waals surface area contributed by atoms with Gasteiger partial charge in [-0.05, 0) is 36.8 Å². The van der Waals surface area contributed by atoms with Gasteiger partial charge in [0, 0.05) is 25.8 Å². The number of aromatic hydroxyl groups is 1. The highest BCUT2D eigenvalue weighted by Crippen LogP contribution is 2.25. The van der Waals surface area contributed by atoms with Crippen molar-refractivity contribution in [2.24, 2.45) is 0 Å². The molecule has 28 heavy (non-hydrogen) atoms. The molecule has 1 heterocycles. The molecule has 0 spiro atoms. The van der Waals surface area contributed by atoms with Gasteiger partial charge in [0.1, 0.15) is 17.1 Å². The summed E-state index contributed by atoms with van der Waals surface area (Å²) >= 11 is 0. The Hall–Kier alpha value is -3.33. The van der Waals surface area contributed by atoms with Crippen molar-refractivity contribution in [3.05, 3.63) is 56.2 Å². The molecule has 0 unspecified atom stereocenters. The van der Waals surface area contributed by atoms with Gasteiger partial charge in [0.15, 0.2) is 5.78 Å². The highest BCUT2D eigenvalue weighted by atomic mass is 16.5. The average Bonchev–Trinajstić information content (AvgIpc) is 2.68.